The lowest BCUT2D eigenvalue weighted by atomic mass is 9.87. The van der Waals surface area contributed by atoms with E-state index < -0.39 is 0 Å². The first kappa shape index (κ1) is 10.5. The Morgan fingerprint density at radius 1 is 1.36 bits per heavy atom. The van der Waals surface area contributed by atoms with E-state index in [2.05, 4.69) is 32.6 Å². The van der Waals surface area contributed by atoms with Crippen LogP contribution in [0.2, 0.25) is 0 Å². The number of hydrogen-bond acceptors (Lipinski definition) is 1. The Bertz CT molecular complexity index is 154. The smallest absolute Gasteiger partial charge is 0.0241 e. The predicted octanol–water partition coefficient (Wildman–Crippen LogP) is 2.16. The highest BCUT2D eigenvalue weighted by molar-refractivity contribution is 4.97. The molecule has 0 aromatic rings. The molecular weight excluding hydrogens is 134 g/mol. The van der Waals surface area contributed by atoms with Crippen LogP contribution in [-0.2, 0) is 0 Å². The molecule has 11 heavy (non-hydrogen) atoms. The van der Waals surface area contributed by atoms with Gasteiger partial charge in [-0.25, -0.2) is 0 Å². The van der Waals surface area contributed by atoms with Crippen molar-refractivity contribution in [2.45, 2.75) is 46.6 Å². The molecule has 1 unspecified atom stereocenters. The van der Waals surface area contributed by atoms with Crippen molar-refractivity contribution in [1.82, 2.24) is 0 Å². The molecule has 0 amide bonds. The molecule has 0 fully saturated rings. The summed E-state index contributed by atoms with van der Waals surface area (Å²) in [5.41, 5.74) is 6.17. The third-order valence-corrected chi connectivity index (χ3v) is 1.42. The molecular formula is C10H19N. The molecule has 0 rings (SSSR count). The van der Waals surface area contributed by atoms with Crippen LogP contribution in [0.1, 0.15) is 40.5 Å². The Morgan fingerprint density at radius 3 is 2.27 bits per heavy atom. The molecule has 0 radical (unpaired) electrons. The molecule has 0 saturated heterocycles. The van der Waals surface area contributed by atoms with E-state index in [1.54, 1.807) is 0 Å². The third-order valence-electron chi connectivity index (χ3n) is 1.42. The molecule has 0 aliphatic rings. The van der Waals surface area contributed by atoms with E-state index in [1.807, 2.05) is 6.92 Å². The van der Waals surface area contributed by atoms with E-state index in [-0.39, 0.29) is 6.04 Å². The Kier molecular flexibility index (Phi) is 4.22. The molecule has 0 aliphatic carbocycles. The Morgan fingerprint density at radius 2 is 1.91 bits per heavy atom. The third kappa shape index (κ3) is 7.42. The van der Waals surface area contributed by atoms with Gasteiger partial charge in [0.05, 0.1) is 0 Å². The van der Waals surface area contributed by atoms with E-state index in [1.165, 1.54) is 0 Å². The van der Waals surface area contributed by atoms with E-state index >= 15 is 0 Å². The zero-order chi connectivity index (χ0) is 8.91. The van der Waals surface area contributed by atoms with Gasteiger partial charge < -0.3 is 5.73 Å². The van der Waals surface area contributed by atoms with Crippen LogP contribution in [-0.4, -0.2) is 6.04 Å². The highest BCUT2D eigenvalue weighted by Crippen LogP contribution is 2.20. The van der Waals surface area contributed by atoms with Gasteiger partial charge in [0.15, 0.2) is 0 Å². The lowest BCUT2D eigenvalue weighted by Crippen LogP contribution is -2.25. The maximum absolute atomic E-state index is 5.84. The second-order valence-electron chi connectivity index (χ2n) is 4.16. The molecule has 2 N–H and O–H groups in total. The molecule has 64 valence electrons. The predicted molar refractivity (Wildman–Crippen MR) is 50.1 cm³/mol. The Labute approximate surface area is 70.4 Å². The van der Waals surface area contributed by atoms with Gasteiger partial charge in [0.2, 0.25) is 0 Å². The lowest BCUT2D eigenvalue weighted by Gasteiger charge is -2.21. The van der Waals surface area contributed by atoms with Crippen LogP contribution >= 0.6 is 0 Å². The summed E-state index contributed by atoms with van der Waals surface area (Å²) >= 11 is 0. The maximum atomic E-state index is 5.84. The second-order valence-corrected chi connectivity index (χ2v) is 4.16. The Hall–Kier alpha value is -0.480. The summed E-state index contributed by atoms with van der Waals surface area (Å²) in [5, 5.41) is 0. The molecule has 1 nitrogen and oxygen atoms in total. The molecule has 1 heteroatoms. The first-order chi connectivity index (χ1) is 4.95. The van der Waals surface area contributed by atoms with Crippen molar-refractivity contribution < 1.29 is 0 Å². The second kappa shape index (κ2) is 4.41. The van der Waals surface area contributed by atoms with Gasteiger partial charge in [-0.05, 0) is 18.8 Å². The van der Waals surface area contributed by atoms with Crippen LogP contribution in [0.5, 0.6) is 0 Å². The minimum Gasteiger partial charge on any atom is -0.327 e. The SMILES string of the molecule is CC#CCC(N)CC(C)(C)C. The quantitative estimate of drug-likeness (QED) is 0.604. The van der Waals surface area contributed by atoms with Crippen LogP contribution in [0, 0.1) is 17.3 Å². The van der Waals surface area contributed by atoms with Crippen molar-refractivity contribution in [3.8, 4) is 11.8 Å². The zero-order valence-corrected chi connectivity index (χ0v) is 8.07. The fourth-order valence-corrected chi connectivity index (χ4v) is 1.09. The molecule has 0 bridgehead atoms. The maximum Gasteiger partial charge on any atom is 0.0241 e. The summed E-state index contributed by atoms with van der Waals surface area (Å²) in [5.74, 6) is 5.85. The molecule has 0 spiro atoms. The Balaban J connectivity index is 3.66. The highest BCUT2D eigenvalue weighted by atomic mass is 14.6. The summed E-state index contributed by atoms with van der Waals surface area (Å²) in [6.07, 6.45) is 1.87. The number of rotatable bonds is 2. The molecule has 0 aliphatic heterocycles. The minimum absolute atomic E-state index is 0.238. The van der Waals surface area contributed by atoms with Gasteiger partial charge >= 0.3 is 0 Å². The topological polar surface area (TPSA) is 26.0 Å². The minimum atomic E-state index is 0.238. The van der Waals surface area contributed by atoms with Crippen LogP contribution in [0.3, 0.4) is 0 Å². The number of nitrogens with two attached hydrogens (primary N) is 1. The highest BCUT2D eigenvalue weighted by Gasteiger charge is 2.14. The summed E-state index contributed by atoms with van der Waals surface area (Å²) < 4.78 is 0. The van der Waals surface area contributed by atoms with Gasteiger partial charge in [-0.1, -0.05) is 20.8 Å². The van der Waals surface area contributed by atoms with Crippen molar-refractivity contribution in [3.63, 3.8) is 0 Å². The normalized spacial score (nSPS) is 13.5. The van der Waals surface area contributed by atoms with E-state index in [9.17, 15) is 0 Å². The summed E-state index contributed by atoms with van der Waals surface area (Å²) in [4.78, 5) is 0. The van der Waals surface area contributed by atoms with Crippen molar-refractivity contribution in [1.29, 1.82) is 0 Å². The zero-order valence-electron chi connectivity index (χ0n) is 8.07. The van der Waals surface area contributed by atoms with E-state index in [0.29, 0.717) is 5.41 Å². The van der Waals surface area contributed by atoms with E-state index in [0.717, 1.165) is 12.8 Å². The molecule has 0 aromatic heterocycles. The standard InChI is InChI=1S/C10H19N/c1-5-6-7-9(11)8-10(2,3)4/h9H,7-8,11H2,1-4H3. The molecule has 1 atom stereocenters. The van der Waals surface area contributed by atoms with Crippen molar-refractivity contribution in [2.24, 2.45) is 11.1 Å². The molecule has 0 heterocycles. The van der Waals surface area contributed by atoms with Gasteiger partial charge in [0.25, 0.3) is 0 Å². The fourth-order valence-electron chi connectivity index (χ4n) is 1.09. The van der Waals surface area contributed by atoms with Gasteiger partial charge in [0.1, 0.15) is 0 Å². The lowest BCUT2D eigenvalue weighted by molar-refractivity contribution is 0.341. The van der Waals surface area contributed by atoms with Crippen LogP contribution in [0.15, 0.2) is 0 Å². The molecule has 0 aromatic carbocycles. The summed E-state index contributed by atoms with van der Waals surface area (Å²) in [7, 11) is 0. The summed E-state index contributed by atoms with van der Waals surface area (Å²) in [6.45, 7) is 8.45. The first-order valence-corrected chi connectivity index (χ1v) is 4.11. The molecule has 0 saturated carbocycles. The van der Waals surface area contributed by atoms with Crippen LogP contribution in [0.25, 0.3) is 0 Å². The monoisotopic (exact) mass is 153 g/mol. The van der Waals surface area contributed by atoms with Gasteiger partial charge in [-0.3, -0.25) is 0 Å². The number of hydrogen-bond donors (Lipinski definition) is 1. The first-order valence-electron chi connectivity index (χ1n) is 4.11. The fraction of sp³-hybridized carbons (Fsp3) is 0.800. The van der Waals surface area contributed by atoms with Gasteiger partial charge in [-0.2, -0.15) is 0 Å². The average Bonchev–Trinajstić information content (AvgIpc) is 1.79. The van der Waals surface area contributed by atoms with Gasteiger partial charge in [0, 0.05) is 12.5 Å². The summed E-state index contributed by atoms with van der Waals surface area (Å²) in [6, 6.07) is 0.238. The van der Waals surface area contributed by atoms with Gasteiger partial charge in [-0.15, -0.1) is 11.8 Å². The van der Waals surface area contributed by atoms with Crippen LogP contribution in [0.4, 0.5) is 0 Å². The van der Waals surface area contributed by atoms with Crippen molar-refractivity contribution in [3.05, 3.63) is 0 Å². The van der Waals surface area contributed by atoms with Crippen molar-refractivity contribution >= 4 is 0 Å². The van der Waals surface area contributed by atoms with Crippen molar-refractivity contribution in [2.75, 3.05) is 0 Å². The average molecular weight is 153 g/mol. The van der Waals surface area contributed by atoms with E-state index in [4.69, 9.17) is 5.73 Å². The largest absolute Gasteiger partial charge is 0.327 e. The van der Waals surface area contributed by atoms with Crippen LogP contribution < -0.4 is 5.73 Å².